The van der Waals surface area contributed by atoms with E-state index >= 15 is 0 Å². The summed E-state index contributed by atoms with van der Waals surface area (Å²) in [7, 11) is 3.98. The molecule has 0 N–H and O–H groups in total. The Kier molecular flexibility index (Phi) is 7.22. The van der Waals surface area contributed by atoms with Gasteiger partial charge in [-0.1, -0.05) is 38.1 Å². The van der Waals surface area contributed by atoms with Gasteiger partial charge in [-0.15, -0.1) is 0 Å². The zero-order valence-electron chi connectivity index (χ0n) is 16.6. The van der Waals surface area contributed by atoms with Crippen molar-refractivity contribution in [1.82, 2.24) is 4.90 Å². The minimum Gasteiger partial charge on any atom is -0.457 e. The fraction of sp³-hybridized carbons (Fsp3) is 0.409. The van der Waals surface area contributed by atoms with Crippen LogP contribution in [0.2, 0.25) is 0 Å². The van der Waals surface area contributed by atoms with Crippen LogP contribution in [0, 0.1) is 6.92 Å². The number of rotatable bonds is 8. The van der Waals surface area contributed by atoms with E-state index in [1.807, 2.05) is 56.3 Å². The predicted octanol–water partition coefficient (Wildman–Crippen LogP) is 4.26. The Morgan fingerprint density at radius 3 is 2.12 bits per heavy atom. The molecule has 2 aromatic rings. The molecule has 4 heteroatoms. The molecule has 0 aliphatic rings. The smallest absolute Gasteiger partial charge is 0.338 e. The number of anilines is 1. The van der Waals surface area contributed by atoms with E-state index in [4.69, 9.17) is 4.74 Å². The van der Waals surface area contributed by atoms with Crippen LogP contribution >= 0.6 is 0 Å². The van der Waals surface area contributed by atoms with Crippen molar-refractivity contribution >= 4 is 11.7 Å². The third-order valence-corrected chi connectivity index (χ3v) is 4.61. The molecule has 0 unspecified atom stereocenters. The van der Waals surface area contributed by atoms with Gasteiger partial charge in [0.15, 0.2) is 0 Å². The maximum atomic E-state index is 12.3. The van der Waals surface area contributed by atoms with Crippen LogP contribution in [0.3, 0.4) is 0 Å². The van der Waals surface area contributed by atoms with E-state index < -0.39 is 0 Å². The van der Waals surface area contributed by atoms with E-state index in [9.17, 15) is 4.79 Å². The highest BCUT2D eigenvalue weighted by molar-refractivity contribution is 5.90. The Morgan fingerprint density at radius 1 is 0.962 bits per heavy atom. The third kappa shape index (κ3) is 5.33. The average Bonchev–Trinajstić information content (AvgIpc) is 2.64. The molecule has 0 saturated heterocycles. The molecule has 0 radical (unpaired) electrons. The molecule has 0 saturated carbocycles. The summed E-state index contributed by atoms with van der Waals surface area (Å²) in [5.74, 6) is -0.286. The van der Waals surface area contributed by atoms with Gasteiger partial charge >= 0.3 is 5.97 Å². The van der Waals surface area contributed by atoms with Crippen LogP contribution in [-0.4, -0.2) is 38.1 Å². The first-order valence-electron chi connectivity index (χ1n) is 9.19. The molecule has 140 valence electrons. The molecule has 0 fully saturated rings. The van der Waals surface area contributed by atoms with Gasteiger partial charge in [0, 0.05) is 26.3 Å². The van der Waals surface area contributed by atoms with Gasteiger partial charge in [-0.3, -0.25) is 4.90 Å². The van der Waals surface area contributed by atoms with Crippen molar-refractivity contribution in [2.75, 3.05) is 32.1 Å². The monoisotopic (exact) mass is 354 g/mol. The molecule has 2 aromatic carbocycles. The number of ether oxygens (including phenoxy) is 1. The number of carbonyl (C=O) groups excluding carboxylic acids is 1. The standard InChI is InChI=1S/C22H30N2O2/c1-6-24(7-2)15-18-8-10-19(11-9-18)16-26-22(25)20-12-13-21(23(4)5)17(3)14-20/h8-14H,6-7,15-16H2,1-5H3. The summed E-state index contributed by atoms with van der Waals surface area (Å²) in [6.07, 6.45) is 0. The van der Waals surface area contributed by atoms with Crippen molar-refractivity contribution in [3.05, 3.63) is 64.7 Å². The van der Waals surface area contributed by atoms with Gasteiger partial charge in [0.05, 0.1) is 5.56 Å². The summed E-state index contributed by atoms with van der Waals surface area (Å²) in [5, 5.41) is 0. The summed E-state index contributed by atoms with van der Waals surface area (Å²) in [4.78, 5) is 16.7. The molecule has 26 heavy (non-hydrogen) atoms. The summed E-state index contributed by atoms with van der Waals surface area (Å²) in [6, 6.07) is 13.9. The predicted molar refractivity (Wildman–Crippen MR) is 108 cm³/mol. The quantitative estimate of drug-likeness (QED) is 0.663. The van der Waals surface area contributed by atoms with Crippen LogP contribution in [0.5, 0.6) is 0 Å². The number of benzene rings is 2. The lowest BCUT2D eigenvalue weighted by molar-refractivity contribution is 0.0472. The van der Waals surface area contributed by atoms with Crippen molar-refractivity contribution in [2.45, 2.75) is 33.9 Å². The van der Waals surface area contributed by atoms with Gasteiger partial charge in [-0.2, -0.15) is 0 Å². The Balaban J connectivity index is 1.94. The number of carbonyl (C=O) groups is 1. The number of nitrogens with zero attached hydrogens (tertiary/aromatic N) is 2. The fourth-order valence-corrected chi connectivity index (χ4v) is 2.96. The van der Waals surface area contributed by atoms with E-state index in [0.29, 0.717) is 12.2 Å². The van der Waals surface area contributed by atoms with Gasteiger partial charge in [0.1, 0.15) is 6.61 Å². The highest BCUT2D eigenvalue weighted by Gasteiger charge is 2.10. The lowest BCUT2D eigenvalue weighted by Crippen LogP contribution is -2.22. The molecule has 0 aromatic heterocycles. The molecular weight excluding hydrogens is 324 g/mol. The maximum absolute atomic E-state index is 12.3. The highest BCUT2D eigenvalue weighted by Crippen LogP contribution is 2.20. The molecule has 0 bridgehead atoms. The first kappa shape index (κ1) is 20.0. The molecule has 0 aliphatic heterocycles. The summed E-state index contributed by atoms with van der Waals surface area (Å²) in [6.45, 7) is 9.67. The van der Waals surface area contributed by atoms with E-state index in [-0.39, 0.29) is 5.97 Å². The average molecular weight is 354 g/mol. The van der Waals surface area contributed by atoms with Gasteiger partial charge in [-0.25, -0.2) is 4.79 Å². The van der Waals surface area contributed by atoms with Crippen LogP contribution in [0.15, 0.2) is 42.5 Å². The summed E-state index contributed by atoms with van der Waals surface area (Å²) < 4.78 is 5.47. The molecule has 0 spiro atoms. The lowest BCUT2D eigenvalue weighted by atomic mass is 10.1. The summed E-state index contributed by atoms with van der Waals surface area (Å²) >= 11 is 0. The molecule has 4 nitrogen and oxygen atoms in total. The first-order valence-corrected chi connectivity index (χ1v) is 9.19. The number of aryl methyl sites for hydroxylation is 1. The van der Waals surface area contributed by atoms with E-state index in [0.717, 1.165) is 36.4 Å². The van der Waals surface area contributed by atoms with Crippen LogP contribution in [0.1, 0.15) is 40.9 Å². The van der Waals surface area contributed by atoms with Crippen molar-refractivity contribution in [1.29, 1.82) is 0 Å². The Hall–Kier alpha value is -2.33. The second-order valence-electron chi connectivity index (χ2n) is 6.75. The number of esters is 1. The molecule has 0 amide bonds. The topological polar surface area (TPSA) is 32.8 Å². The second kappa shape index (κ2) is 9.39. The summed E-state index contributed by atoms with van der Waals surface area (Å²) in [5.41, 5.74) is 5.03. The number of hydrogen-bond donors (Lipinski definition) is 0. The largest absolute Gasteiger partial charge is 0.457 e. The first-order chi connectivity index (χ1) is 12.4. The fourth-order valence-electron chi connectivity index (χ4n) is 2.96. The minimum absolute atomic E-state index is 0.286. The van der Waals surface area contributed by atoms with Gasteiger partial charge < -0.3 is 9.64 Å². The molecular formula is C22H30N2O2. The molecule has 0 atom stereocenters. The molecule has 0 heterocycles. The molecule has 0 aliphatic carbocycles. The Labute approximate surface area is 157 Å². The van der Waals surface area contributed by atoms with Gasteiger partial charge in [-0.05, 0) is 54.9 Å². The van der Waals surface area contributed by atoms with Crippen molar-refractivity contribution in [3.8, 4) is 0 Å². The Morgan fingerprint density at radius 2 is 1.58 bits per heavy atom. The minimum atomic E-state index is -0.286. The van der Waals surface area contributed by atoms with Crippen LogP contribution in [-0.2, 0) is 17.9 Å². The van der Waals surface area contributed by atoms with Crippen LogP contribution in [0.4, 0.5) is 5.69 Å². The van der Waals surface area contributed by atoms with Crippen LogP contribution < -0.4 is 4.90 Å². The molecule has 2 rings (SSSR count). The van der Waals surface area contributed by atoms with Gasteiger partial charge in [0.2, 0.25) is 0 Å². The SMILES string of the molecule is CCN(CC)Cc1ccc(COC(=O)c2ccc(N(C)C)c(C)c2)cc1. The van der Waals surface area contributed by atoms with Gasteiger partial charge in [0.25, 0.3) is 0 Å². The van der Waals surface area contributed by atoms with E-state index in [1.54, 1.807) is 0 Å². The van der Waals surface area contributed by atoms with Crippen molar-refractivity contribution in [2.24, 2.45) is 0 Å². The number of hydrogen-bond acceptors (Lipinski definition) is 4. The van der Waals surface area contributed by atoms with Crippen molar-refractivity contribution < 1.29 is 9.53 Å². The lowest BCUT2D eigenvalue weighted by Gasteiger charge is -2.18. The Bertz CT molecular complexity index is 719. The zero-order chi connectivity index (χ0) is 19.1. The maximum Gasteiger partial charge on any atom is 0.338 e. The zero-order valence-corrected chi connectivity index (χ0v) is 16.6. The van der Waals surface area contributed by atoms with E-state index in [2.05, 4.69) is 30.9 Å². The van der Waals surface area contributed by atoms with Crippen LogP contribution in [0.25, 0.3) is 0 Å². The van der Waals surface area contributed by atoms with Crippen molar-refractivity contribution in [3.63, 3.8) is 0 Å². The normalized spacial score (nSPS) is 10.8. The highest BCUT2D eigenvalue weighted by atomic mass is 16.5. The van der Waals surface area contributed by atoms with E-state index in [1.165, 1.54) is 5.56 Å². The third-order valence-electron chi connectivity index (χ3n) is 4.61. The second-order valence-corrected chi connectivity index (χ2v) is 6.75.